The van der Waals surface area contributed by atoms with Gasteiger partial charge in [-0.2, -0.15) is 0 Å². The predicted octanol–water partition coefficient (Wildman–Crippen LogP) is 1.35. The summed E-state index contributed by atoms with van der Waals surface area (Å²) >= 11 is 1.60. The Morgan fingerprint density at radius 2 is 2.33 bits per heavy atom. The van der Waals surface area contributed by atoms with E-state index in [-0.39, 0.29) is 5.91 Å². The summed E-state index contributed by atoms with van der Waals surface area (Å²) in [5.41, 5.74) is 1.10. The third-order valence-electron chi connectivity index (χ3n) is 3.83. The minimum atomic E-state index is 0.112. The normalized spacial score (nSPS) is 18.4. The van der Waals surface area contributed by atoms with Gasteiger partial charge in [0.2, 0.25) is 5.91 Å². The van der Waals surface area contributed by atoms with Crippen molar-refractivity contribution in [2.45, 2.75) is 38.8 Å². The highest BCUT2D eigenvalue weighted by molar-refractivity contribution is 7.09. The second kappa shape index (κ2) is 7.87. The summed E-state index contributed by atoms with van der Waals surface area (Å²) < 4.78 is 0. The zero-order valence-electron chi connectivity index (χ0n) is 13.3. The van der Waals surface area contributed by atoms with Crippen LogP contribution in [0.4, 0.5) is 0 Å². The van der Waals surface area contributed by atoms with Crippen molar-refractivity contribution in [1.29, 1.82) is 0 Å². The summed E-state index contributed by atoms with van der Waals surface area (Å²) in [4.78, 5) is 20.5. The standard InChI is InChI=1S/C15H26N4OS/c1-4-7-19(13-5-6-16-9-13)10-12-11-21-14(17-12)8-15(20)18(2)3/h11,13,16H,4-10H2,1-3H3. The number of hydrogen-bond donors (Lipinski definition) is 1. The van der Waals surface area contributed by atoms with Crippen molar-refractivity contribution >= 4 is 17.2 Å². The average molecular weight is 310 g/mol. The van der Waals surface area contributed by atoms with Crippen LogP contribution in [-0.2, 0) is 17.8 Å². The molecule has 2 rings (SSSR count). The molecule has 0 radical (unpaired) electrons. The molecule has 1 saturated heterocycles. The Morgan fingerprint density at radius 1 is 1.52 bits per heavy atom. The zero-order valence-corrected chi connectivity index (χ0v) is 14.1. The van der Waals surface area contributed by atoms with Crippen LogP contribution in [0.15, 0.2) is 5.38 Å². The van der Waals surface area contributed by atoms with E-state index in [1.165, 1.54) is 6.42 Å². The molecule has 1 atom stereocenters. The maximum atomic E-state index is 11.7. The van der Waals surface area contributed by atoms with Crippen LogP contribution in [0.1, 0.15) is 30.5 Å². The van der Waals surface area contributed by atoms with E-state index in [9.17, 15) is 4.79 Å². The zero-order chi connectivity index (χ0) is 15.2. The van der Waals surface area contributed by atoms with Gasteiger partial charge in [0.15, 0.2) is 0 Å². The monoisotopic (exact) mass is 310 g/mol. The molecule has 0 spiro atoms. The molecule has 0 aromatic carbocycles. The van der Waals surface area contributed by atoms with Gasteiger partial charge < -0.3 is 10.2 Å². The van der Waals surface area contributed by atoms with Crippen LogP contribution < -0.4 is 5.32 Å². The Balaban J connectivity index is 1.94. The lowest BCUT2D eigenvalue weighted by atomic mass is 10.2. The molecule has 118 valence electrons. The molecule has 21 heavy (non-hydrogen) atoms. The summed E-state index contributed by atoms with van der Waals surface area (Å²) in [5.74, 6) is 0.112. The highest BCUT2D eigenvalue weighted by Crippen LogP contribution is 2.17. The van der Waals surface area contributed by atoms with Gasteiger partial charge in [-0.05, 0) is 25.9 Å². The predicted molar refractivity (Wildman–Crippen MR) is 86.5 cm³/mol. The highest BCUT2D eigenvalue weighted by Gasteiger charge is 2.22. The minimum Gasteiger partial charge on any atom is -0.348 e. The molecule has 1 aromatic heterocycles. The van der Waals surface area contributed by atoms with E-state index < -0.39 is 0 Å². The maximum Gasteiger partial charge on any atom is 0.228 e. The van der Waals surface area contributed by atoms with Gasteiger partial charge in [-0.25, -0.2) is 4.98 Å². The first-order valence-electron chi connectivity index (χ1n) is 7.68. The van der Waals surface area contributed by atoms with E-state index in [2.05, 4.69) is 27.5 Å². The van der Waals surface area contributed by atoms with Gasteiger partial charge in [-0.1, -0.05) is 6.92 Å². The number of nitrogens with zero attached hydrogens (tertiary/aromatic N) is 3. The first-order valence-corrected chi connectivity index (χ1v) is 8.56. The molecular weight excluding hydrogens is 284 g/mol. The van der Waals surface area contributed by atoms with Crippen LogP contribution in [0.25, 0.3) is 0 Å². The Kier molecular flexibility index (Phi) is 6.14. The molecule has 0 aliphatic carbocycles. The van der Waals surface area contributed by atoms with Gasteiger partial charge >= 0.3 is 0 Å². The van der Waals surface area contributed by atoms with Crippen molar-refractivity contribution in [3.63, 3.8) is 0 Å². The number of carbonyl (C=O) groups is 1. The Bertz CT molecular complexity index is 454. The third kappa shape index (κ3) is 4.76. The molecular formula is C15H26N4OS. The molecule has 0 bridgehead atoms. The molecule has 1 aromatic rings. The first kappa shape index (κ1) is 16.4. The van der Waals surface area contributed by atoms with Crippen LogP contribution in [0.2, 0.25) is 0 Å². The molecule has 6 heteroatoms. The number of carbonyl (C=O) groups excluding carboxylic acids is 1. The van der Waals surface area contributed by atoms with Crippen molar-refractivity contribution in [2.75, 3.05) is 33.7 Å². The Morgan fingerprint density at radius 3 is 2.95 bits per heavy atom. The number of nitrogens with one attached hydrogen (secondary N) is 1. The summed E-state index contributed by atoms with van der Waals surface area (Å²) in [6.07, 6.45) is 2.79. The molecule has 1 aliphatic rings. The SMILES string of the molecule is CCCN(Cc1csc(CC(=O)N(C)C)n1)C1CCNC1. The average Bonchev–Trinajstić information content (AvgIpc) is 3.09. The number of thiazole rings is 1. The van der Waals surface area contributed by atoms with E-state index in [0.29, 0.717) is 12.5 Å². The molecule has 1 unspecified atom stereocenters. The summed E-state index contributed by atoms with van der Waals surface area (Å²) in [6, 6.07) is 0.624. The summed E-state index contributed by atoms with van der Waals surface area (Å²) in [5, 5.41) is 6.45. The number of hydrogen-bond acceptors (Lipinski definition) is 5. The second-order valence-electron chi connectivity index (χ2n) is 5.81. The lowest BCUT2D eigenvalue weighted by molar-refractivity contribution is -0.127. The first-order chi connectivity index (χ1) is 10.1. The van der Waals surface area contributed by atoms with Crippen molar-refractivity contribution in [3.8, 4) is 0 Å². The number of aromatic nitrogens is 1. The van der Waals surface area contributed by atoms with Gasteiger partial charge in [0, 0.05) is 38.6 Å². The van der Waals surface area contributed by atoms with Gasteiger partial charge in [0.05, 0.1) is 12.1 Å². The fourth-order valence-electron chi connectivity index (χ4n) is 2.63. The topological polar surface area (TPSA) is 48.5 Å². The fourth-order valence-corrected chi connectivity index (χ4v) is 3.40. The van der Waals surface area contributed by atoms with Crippen LogP contribution in [0.3, 0.4) is 0 Å². The lowest BCUT2D eigenvalue weighted by Crippen LogP contribution is -2.37. The van der Waals surface area contributed by atoms with Gasteiger partial charge in [0.1, 0.15) is 5.01 Å². The number of likely N-dealkylation sites (N-methyl/N-ethyl adjacent to an activating group) is 1. The Labute approximate surface area is 131 Å². The van der Waals surface area contributed by atoms with Gasteiger partial charge in [-0.3, -0.25) is 9.69 Å². The summed E-state index contributed by atoms with van der Waals surface area (Å²) in [6.45, 7) is 6.42. The minimum absolute atomic E-state index is 0.112. The van der Waals surface area contributed by atoms with E-state index in [0.717, 1.165) is 43.3 Å². The maximum absolute atomic E-state index is 11.7. The third-order valence-corrected chi connectivity index (χ3v) is 4.72. The summed E-state index contributed by atoms with van der Waals surface area (Å²) in [7, 11) is 3.57. The van der Waals surface area contributed by atoms with E-state index in [1.807, 2.05) is 0 Å². The number of amides is 1. The molecule has 1 aliphatic heterocycles. The van der Waals surface area contributed by atoms with Crippen LogP contribution in [0, 0.1) is 0 Å². The van der Waals surface area contributed by atoms with Crippen LogP contribution in [-0.4, -0.2) is 60.5 Å². The van der Waals surface area contributed by atoms with Gasteiger partial charge in [-0.15, -0.1) is 11.3 Å². The van der Waals surface area contributed by atoms with Gasteiger partial charge in [0.25, 0.3) is 0 Å². The molecule has 5 nitrogen and oxygen atoms in total. The molecule has 1 N–H and O–H groups in total. The van der Waals surface area contributed by atoms with Crippen LogP contribution in [0.5, 0.6) is 0 Å². The smallest absolute Gasteiger partial charge is 0.228 e. The highest BCUT2D eigenvalue weighted by atomic mass is 32.1. The van der Waals surface area contributed by atoms with Crippen molar-refractivity contribution in [1.82, 2.24) is 20.1 Å². The molecule has 1 amide bonds. The Hall–Kier alpha value is -0.980. The largest absolute Gasteiger partial charge is 0.348 e. The van der Waals surface area contributed by atoms with Crippen molar-refractivity contribution < 1.29 is 4.79 Å². The second-order valence-corrected chi connectivity index (χ2v) is 6.76. The van der Waals surface area contributed by atoms with E-state index in [1.54, 1.807) is 30.3 Å². The lowest BCUT2D eigenvalue weighted by Gasteiger charge is -2.27. The quantitative estimate of drug-likeness (QED) is 0.826. The molecule has 2 heterocycles. The van der Waals surface area contributed by atoms with E-state index >= 15 is 0 Å². The van der Waals surface area contributed by atoms with Crippen molar-refractivity contribution in [2.24, 2.45) is 0 Å². The van der Waals surface area contributed by atoms with Crippen LogP contribution >= 0.6 is 11.3 Å². The fraction of sp³-hybridized carbons (Fsp3) is 0.733. The number of rotatable bonds is 7. The molecule has 0 saturated carbocycles. The van der Waals surface area contributed by atoms with Crippen molar-refractivity contribution in [3.05, 3.63) is 16.1 Å². The van der Waals surface area contributed by atoms with E-state index in [4.69, 9.17) is 0 Å². The molecule has 1 fully saturated rings.